The number of ketones is 1. The molecule has 0 fully saturated rings. The van der Waals surface area contributed by atoms with Gasteiger partial charge in [-0.3, -0.25) is 9.59 Å². The van der Waals surface area contributed by atoms with E-state index in [0.29, 0.717) is 24.8 Å². The van der Waals surface area contributed by atoms with Crippen LogP contribution in [0.15, 0.2) is 53.6 Å². The number of Topliss-reactive ketones (excluding diaryl/α,β-unsaturated/α-hetero) is 1. The highest BCUT2D eigenvalue weighted by molar-refractivity contribution is 6.04. The largest absolute Gasteiger partial charge is 0.481 e. The molecule has 0 aliphatic heterocycles. The van der Waals surface area contributed by atoms with E-state index in [1.807, 2.05) is 18.2 Å². The molecule has 114 valence electrons. The summed E-state index contributed by atoms with van der Waals surface area (Å²) in [5, 5.41) is 9.26. The van der Waals surface area contributed by atoms with Crippen LogP contribution in [-0.2, 0) is 9.53 Å². The van der Waals surface area contributed by atoms with E-state index < -0.39 is 17.5 Å². The van der Waals surface area contributed by atoms with Crippen LogP contribution in [0.4, 0.5) is 0 Å². The molecule has 2 atom stereocenters. The number of aliphatic carboxylic acids is 1. The van der Waals surface area contributed by atoms with Gasteiger partial charge in [0, 0.05) is 19.1 Å². The summed E-state index contributed by atoms with van der Waals surface area (Å²) in [7, 11) is 1.53. The van der Waals surface area contributed by atoms with Crippen molar-refractivity contribution in [3.05, 3.63) is 59.2 Å². The van der Waals surface area contributed by atoms with Crippen molar-refractivity contribution in [3.63, 3.8) is 0 Å². The maximum absolute atomic E-state index is 12.8. The number of hydrogen-bond acceptors (Lipinski definition) is 3. The van der Waals surface area contributed by atoms with Crippen molar-refractivity contribution in [2.45, 2.75) is 24.9 Å². The minimum Gasteiger partial charge on any atom is -0.481 e. The summed E-state index contributed by atoms with van der Waals surface area (Å²) in [6, 6.07) is 9.06. The third-order valence-electron chi connectivity index (χ3n) is 4.61. The average Bonchev–Trinajstić information content (AvgIpc) is 2.97. The molecule has 0 aromatic heterocycles. The Bertz CT molecular complexity index is 672. The van der Waals surface area contributed by atoms with Crippen molar-refractivity contribution in [1.82, 2.24) is 0 Å². The van der Waals surface area contributed by atoms with Crippen LogP contribution >= 0.6 is 0 Å². The Kier molecular flexibility index (Phi) is 3.71. The number of rotatable bonds is 4. The molecule has 3 rings (SSSR count). The molecular weight excluding hydrogens is 280 g/mol. The van der Waals surface area contributed by atoms with E-state index in [2.05, 4.69) is 0 Å². The molecule has 22 heavy (non-hydrogen) atoms. The minimum atomic E-state index is -1.02. The summed E-state index contributed by atoms with van der Waals surface area (Å²) in [6.45, 7) is 0. The molecule has 1 N–H and O–H groups in total. The van der Waals surface area contributed by atoms with E-state index in [-0.39, 0.29) is 5.78 Å². The van der Waals surface area contributed by atoms with Gasteiger partial charge in [0.05, 0.1) is 5.92 Å². The molecule has 2 unspecified atom stereocenters. The molecule has 0 bridgehead atoms. The first-order valence-corrected chi connectivity index (χ1v) is 7.36. The molecular formula is C18H18O4. The first-order chi connectivity index (χ1) is 10.6. The summed E-state index contributed by atoms with van der Waals surface area (Å²) in [5.74, 6) is -1.33. The van der Waals surface area contributed by atoms with E-state index in [1.54, 1.807) is 24.3 Å². The van der Waals surface area contributed by atoms with Crippen molar-refractivity contribution in [3.8, 4) is 0 Å². The lowest BCUT2D eigenvalue weighted by atomic mass is 9.80. The van der Waals surface area contributed by atoms with Gasteiger partial charge in [-0.1, -0.05) is 42.0 Å². The van der Waals surface area contributed by atoms with Gasteiger partial charge in [0.1, 0.15) is 0 Å². The minimum absolute atomic E-state index is 0.0859. The number of carboxylic acids is 1. The van der Waals surface area contributed by atoms with E-state index in [9.17, 15) is 14.7 Å². The predicted octanol–water partition coefficient (Wildman–Crippen LogP) is 3.01. The van der Waals surface area contributed by atoms with Crippen LogP contribution in [0.5, 0.6) is 0 Å². The van der Waals surface area contributed by atoms with E-state index in [4.69, 9.17) is 4.74 Å². The second-order valence-corrected chi connectivity index (χ2v) is 5.79. The highest BCUT2D eigenvalue weighted by Crippen LogP contribution is 2.43. The van der Waals surface area contributed by atoms with Crippen molar-refractivity contribution in [1.29, 1.82) is 0 Å². The van der Waals surface area contributed by atoms with Gasteiger partial charge in [-0.15, -0.1) is 0 Å². The summed E-state index contributed by atoms with van der Waals surface area (Å²) < 4.78 is 5.58. The quantitative estimate of drug-likeness (QED) is 0.868. The molecule has 4 nitrogen and oxygen atoms in total. The van der Waals surface area contributed by atoms with Crippen LogP contribution in [0.3, 0.4) is 0 Å². The van der Waals surface area contributed by atoms with Gasteiger partial charge < -0.3 is 9.84 Å². The number of allylic oxidation sites excluding steroid dienone is 1. The second kappa shape index (κ2) is 5.54. The van der Waals surface area contributed by atoms with Crippen LogP contribution < -0.4 is 0 Å². The first kappa shape index (κ1) is 14.7. The molecule has 0 radical (unpaired) electrons. The molecule has 2 aliphatic carbocycles. The number of methoxy groups -OCH3 is 1. The third kappa shape index (κ3) is 2.29. The lowest BCUT2D eigenvalue weighted by Gasteiger charge is -2.31. The van der Waals surface area contributed by atoms with Gasteiger partial charge in [0.25, 0.3) is 0 Å². The average molecular weight is 298 g/mol. The number of hydrogen-bond donors (Lipinski definition) is 1. The number of ether oxygens (including phenoxy) is 1. The highest BCUT2D eigenvalue weighted by atomic mass is 16.5. The number of carboxylic acid groups (broad SMARTS) is 1. The Morgan fingerprint density at radius 3 is 2.64 bits per heavy atom. The zero-order chi connectivity index (χ0) is 15.7. The maximum Gasteiger partial charge on any atom is 0.310 e. The topological polar surface area (TPSA) is 63.6 Å². The van der Waals surface area contributed by atoms with Crippen LogP contribution in [-0.4, -0.2) is 29.6 Å². The van der Waals surface area contributed by atoms with E-state index in [1.165, 1.54) is 7.11 Å². The fraction of sp³-hybridized carbons (Fsp3) is 0.333. The van der Waals surface area contributed by atoms with Crippen LogP contribution in [0.25, 0.3) is 0 Å². The fourth-order valence-electron chi connectivity index (χ4n) is 3.37. The monoisotopic (exact) mass is 298 g/mol. The SMILES string of the molecule is COC1(C(=O)c2ccccc2)C=CC2=C(CCC2C(=O)O)C1. The van der Waals surface area contributed by atoms with Gasteiger partial charge >= 0.3 is 5.97 Å². The van der Waals surface area contributed by atoms with Crippen LogP contribution in [0.2, 0.25) is 0 Å². The van der Waals surface area contributed by atoms with Crippen LogP contribution in [0.1, 0.15) is 29.6 Å². The molecule has 2 aliphatic rings. The van der Waals surface area contributed by atoms with Crippen molar-refractivity contribution in [2.24, 2.45) is 5.92 Å². The fourth-order valence-corrected chi connectivity index (χ4v) is 3.37. The second-order valence-electron chi connectivity index (χ2n) is 5.79. The third-order valence-corrected chi connectivity index (χ3v) is 4.61. The Morgan fingerprint density at radius 2 is 2.00 bits per heavy atom. The van der Waals surface area contributed by atoms with Gasteiger partial charge in [0.2, 0.25) is 0 Å². The number of carbonyl (C=O) groups excluding carboxylic acids is 1. The van der Waals surface area contributed by atoms with Gasteiger partial charge in [-0.05, 0) is 24.5 Å². The zero-order valence-electron chi connectivity index (χ0n) is 12.4. The normalized spacial score (nSPS) is 26.9. The Morgan fingerprint density at radius 1 is 1.27 bits per heavy atom. The standard InChI is InChI=1S/C18H18O4/c1-22-18(16(19)12-5-3-2-4-6-12)10-9-14-13(11-18)7-8-15(14)17(20)21/h2-6,9-10,15H,7-8,11H2,1H3,(H,20,21). The number of carbonyl (C=O) groups is 2. The van der Waals surface area contributed by atoms with Gasteiger partial charge in [-0.2, -0.15) is 0 Å². The summed E-state index contributed by atoms with van der Waals surface area (Å²) >= 11 is 0. The van der Waals surface area contributed by atoms with Crippen molar-refractivity contribution in [2.75, 3.05) is 7.11 Å². The summed E-state index contributed by atoms with van der Waals surface area (Å²) in [6.07, 6.45) is 5.25. The molecule has 0 heterocycles. The highest BCUT2D eigenvalue weighted by Gasteiger charge is 2.43. The van der Waals surface area contributed by atoms with Crippen molar-refractivity contribution < 1.29 is 19.4 Å². The Labute approximate surface area is 129 Å². The summed E-state index contributed by atoms with van der Waals surface area (Å²) in [4.78, 5) is 24.1. The molecule has 1 aromatic carbocycles. The predicted molar refractivity (Wildman–Crippen MR) is 81.7 cm³/mol. The van der Waals surface area contributed by atoms with Crippen LogP contribution in [0, 0.1) is 5.92 Å². The van der Waals surface area contributed by atoms with Crippen molar-refractivity contribution >= 4 is 11.8 Å². The van der Waals surface area contributed by atoms with Gasteiger partial charge in [-0.25, -0.2) is 0 Å². The molecule has 0 amide bonds. The maximum atomic E-state index is 12.8. The molecule has 1 aromatic rings. The molecule has 0 saturated heterocycles. The Hall–Kier alpha value is -2.20. The lowest BCUT2D eigenvalue weighted by Crippen LogP contribution is -2.40. The smallest absolute Gasteiger partial charge is 0.310 e. The first-order valence-electron chi connectivity index (χ1n) is 7.36. The zero-order valence-corrected chi connectivity index (χ0v) is 12.4. The molecule has 0 saturated carbocycles. The molecule has 4 heteroatoms. The Balaban J connectivity index is 1.92. The van der Waals surface area contributed by atoms with E-state index in [0.717, 1.165) is 11.1 Å². The lowest BCUT2D eigenvalue weighted by molar-refractivity contribution is -0.140. The van der Waals surface area contributed by atoms with E-state index >= 15 is 0 Å². The number of benzene rings is 1. The van der Waals surface area contributed by atoms with Gasteiger partial charge in [0.15, 0.2) is 11.4 Å². The molecule has 0 spiro atoms. The summed E-state index contributed by atoms with van der Waals surface area (Å²) in [5.41, 5.74) is 1.46.